The summed E-state index contributed by atoms with van der Waals surface area (Å²) >= 11 is 0. The van der Waals surface area contributed by atoms with Crippen LogP contribution >= 0.6 is 0 Å². The van der Waals surface area contributed by atoms with Gasteiger partial charge in [-0.15, -0.1) is 0 Å². The van der Waals surface area contributed by atoms with E-state index in [0.717, 1.165) is 51.5 Å². The average molecular weight is 299 g/mol. The molecule has 0 spiro atoms. The summed E-state index contributed by atoms with van der Waals surface area (Å²) in [4.78, 5) is 16.5. The van der Waals surface area contributed by atoms with Gasteiger partial charge in [0.1, 0.15) is 6.07 Å². The molecule has 0 aliphatic carbocycles. The van der Waals surface area contributed by atoms with Gasteiger partial charge in [-0.1, -0.05) is 12.1 Å². The summed E-state index contributed by atoms with van der Waals surface area (Å²) in [5.41, 5.74) is 1.67. The van der Waals surface area contributed by atoms with Crippen molar-refractivity contribution in [1.29, 1.82) is 5.26 Å². The smallest absolute Gasteiger partial charge is 0.223 e. The third-order valence-electron chi connectivity index (χ3n) is 4.48. The monoisotopic (exact) mass is 299 g/mol. The Morgan fingerprint density at radius 2 is 2.05 bits per heavy atom. The number of para-hydroxylation sites is 1. The SMILES string of the molecule is N#Cc1ccccc1N1CCN(C(=O)CC2CCOC2)CC1. The number of nitrogens with zero attached hydrogens (tertiary/aromatic N) is 3. The van der Waals surface area contributed by atoms with Crippen LogP contribution in [0.2, 0.25) is 0 Å². The summed E-state index contributed by atoms with van der Waals surface area (Å²) in [6.45, 7) is 4.54. The van der Waals surface area contributed by atoms with Crippen molar-refractivity contribution in [2.75, 3.05) is 44.3 Å². The predicted octanol–water partition coefficient (Wildman–Crippen LogP) is 1.63. The van der Waals surface area contributed by atoms with E-state index in [4.69, 9.17) is 4.74 Å². The summed E-state index contributed by atoms with van der Waals surface area (Å²) in [7, 11) is 0. The van der Waals surface area contributed by atoms with Crippen molar-refractivity contribution in [3.8, 4) is 6.07 Å². The molecule has 22 heavy (non-hydrogen) atoms. The number of amides is 1. The third kappa shape index (κ3) is 3.23. The number of ether oxygens (including phenoxy) is 1. The molecule has 1 unspecified atom stereocenters. The molecule has 2 aliphatic rings. The Morgan fingerprint density at radius 3 is 2.73 bits per heavy atom. The molecule has 2 aliphatic heterocycles. The van der Waals surface area contributed by atoms with Gasteiger partial charge in [-0.25, -0.2) is 0 Å². The summed E-state index contributed by atoms with van der Waals surface area (Å²) < 4.78 is 5.34. The molecule has 2 fully saturated rings. The van der Waals surface area contributed by atoms with Gasteiger partial charge in [0.25, 0.3) is 0 Å². The zero-order chi connectivity index (χ0) is 15.4. The van der Waals surface area contributed by atoms with Crippen molar-refractivity contribution in [1.82, 2.24) is 4.90 Å². The van der Waals surface area contributed by atoms with Gasteiger partial charge in [-0.05, 0) is 24.5 Å². The fourth-order valence-electron chi connectivity index (χ4n) is 3.16. The molecule has 1 aromatic rings. The molecule has 0 N–H and O–H groups in total. The number of carbonyl (C=O) groups excluding carboxylic acids is 1. The van der Waals surface area contributed by atoms with Crippen molar-refractivity contribution >= 4 is 11.6 Å². The van der Waals surface area contributed by atoms with Crippen LogP contribution in [0.1, 0.15) is 18.4 Å². The number of nitriles is 1. The zero-order valence-electron chi connectivity index (χ0n) is 12.7. The van der Waals surface area contributed by atoms with E-state index in [9.17, 15) is 10.1 Å². The molecule has 2 heterocycles. The molecule has 5 nitrogen and oxygen atoms in total. The number of rotatable bonds is 3. The summed E-state index contributed by atoms with van der Waals surface area (Å²) in [5.74, 6) is 0.633. The van der Waals surface area contributed by atoms with Crippen molar-refractivity contribution in [3.63, 3.8) is 0 Å². The number of carbonyl (C=O) groups is 1. The average Bonchev–Trinajstić information content (AvgIpc) is 3.08. The second-order valence-electron chi connectivity index (χ2n) is 5.93. The second-order valence-corrected chi connectivity index (χ2v) is 5.93. The number of hydrogen-bond donors (Lipinski definition) is 0. The van der Waals surface area contributed by atoms with Crippen LogP contribution in [0, 0.1) is 17.2 Å². The summed E-state index contributed by atoms with van der Waals surface area (Å²) in [5, 5.41) is 9.20. The normalized spacial score (nSPS) is 21.7. The largest absolute Gasteiger partial charge is 0.381 e. The molecule has 0 bridgehead atoms. The first-order chi connectivity index (χ1) is 10.8. The van der Waals surface area contributed by atoms with Crippen LogP contribution in [0.25, 0.3) is 0 Å². The van der Waals surface area contributed by atoms with Crippen molar-refractivity contribution < 1.29 is 9.53 Å². The molecule has 1 atom stereocenters. The van der Waals surface area contributed by atoms with Gasteiger partial charge in [-0.3, -0.25) is 4.79 Å². The van der Waals surface area contributed by atoms with Crippen LogP contribution in [0.4, 0.5) is 5.69 Å². The van der Waals surface area contributed by atoms with E-state index in [0.29, 0.717) is 17.9 Å². The minimum absolute atomic E-state index is 0.240. The number of piperazine rings is 1. The van der Waals surface area contributed by atoms with E-state index in [1.54, 1.807) is 0 Å². The molecule has 0 saturated carbocycles. The van der Waals surface area contributed by atoms with Gasteiger partial charge in [0.15, 0.2) is 0 Å². The molecule has 0 aromatic heterocycles. The Kier molecular flexibility index (Phi) is 4.59. The molecule has 1 aromatic carbocycles. The van der Waals surface area contributed by atoms with E-state index < -0.39 is 0 Å². The predicted molar refractivity (Wildman–Crippen MR) is 83.5 cm³/mol. The lowest BCUT2D eigenvalue weighted by molar-refractivity contribution is -0.132. The highest BCUT2D eigenvalue weighted by Gasteiger charge is 2.26. The number of anilines is 1. The molecule has 0 radical (unpaired) electrons. The highest BCUT2D eigenvalue weighted by atomic mass is 16.5. The Balaban J connectivity index is 1.56. The lowest BCUT2D eigenvalue weighted by atomic mass is 10.0. The fourth-order valence-corrected chi connectivity index (χ4v) is 3.16. The lowest BCUT2D eigenvalue weighted by Gasteiger charge is -2.36. The van der Waals surface area contributed by atoms with Crippen molar-refractivity contribution in [3.05, 3.63) is 29.8 Å². The molecule has 1 amide bonds. The maximum absolute atomic E-state index is 12.3. The van der Waals surface area contributed by atoms with Gasteiger partial charge in [0.2, 0.25) is 5.91 Å². The van der Waals surface area contributed by atoms with E-state index in [1.165, 1.54) is 0 Å². The van der Waals surface area contributed by atoms with Crippen LogP contribution in [0.3, 0.4) is 0 Å². The minimum Gasteiger partial charge on any atom is -0.381 e. The van der Waals surface area contributed by atoms with Crippen LogP contribution in [0.15, 0.2) is 24.3 Å². The highest BCUT2D eigenvalue weighted by Crippen LogP contribution is 2.22. The standard InChI is InChI=1S/C17H21N3O2/c18-12-15-3-1-2-4-16(15)19-6-8-20(9-7-19)17(21)11-14-5-10-22-13-14/h1-4,14H,5-11,13H2. The molecule has 2 saturated heterocycles. The first kappa shape index (κ1) is 14.9. The molecular formula is C17H21N3O2. The molecule has 3 rings (SSSR count). The maximum Gasteiger partial charge on any atom is 0.223 e. The van der Waals surface area contributed by atoms with Gasteiger partial charge in [0, 0.05) is 45.8 Å². The van der Waals surface area contributed by atoms with Gasteiger partial charge in [0.05, 0.1) is 11.3 Å². The summed E-state index contributed by atoms with van der Waals surface area (Å²) in [6.07, 6.45) is 1.61. The van der Waals surface area contributed by atoms with Gasteiger partial charge in [-0.2, -0.15) is 5.26 Å². The zero-order valence-corrected chi connectivity index (χ0v) is 12.7. The van der Waals surface area contributed by atoms with Crippen LogP contribution in [-0.2, 0) is 9.53 Å². The molecule has 116 valence electrons. The lowest BCUT2D eigenvalue weighted by Crippen LogP contribution is -2.49. The Labute approximate surface area is 131 Å². The second kappa shape index (κ2) is 6.80. The van der Waals surface area contributed by atoms with Crippen LogP contribution in [0.5, 0.6) is 0 Å². The third-order valence-corrected chi connectivity index (χ3v) is 4.48. The van der Waals surface area contributed by atoms with E-state index >= 15 is 0 Å². The fraction of sp³-hybridized carbons (Fsp3) is 0.529. The Bertz CT molecular complexity index is 568. The van der Waals surface area contributed by atoms with E-state index in [1.807, 2.05) is 29.2 Å². The van der Waals surface area contributed by atoms with Gasteiger partial charge >= 0.3 is 0 Å². The Hall–Kier alpha value is -2.06. The van der Waals surface area contributed by atoms with E-state index in [2.05, 4.69) is 11.0 Å². The van der Waals surface area contributed by atoms with Crippen LogP contribution in [-0.4, -0.2) is 50.2 Å². The van der Waals surface area contributed by atoms with E-state index in [-0.39, 0.29) is 5.91 Å². The van der Waals surface area contributed by atoms with Crippen LogP contribution < -0.4 is 4.90 Å². The summed E-state index contributed by atoms with van der Waals surface area (Å²) in [6, 6.07) is 9.89. The van der Waals surface area contributed by atoms with Crippen molar-refractivity contribution in [2.45, 2.75) is 12.8 Å². The number of benzene rings is 1. The maximum atomic E-state index is 12.3. The molecule has 5 heteroatoms. The van der Waals surface area contributed by atoms with Gasteiger partial charge < -0.3 is 14.5 Å². The Morgan fingerprint density at radius 1 is 1.27 bits per heavy atom. The minimum atomic E-state index is 0.240. The first-order valence-corrected chi connectivity index (χ1v) is 7.87. The number of hydrogen-bond acceptors (Lipinski definition) is 4. The molecular weight excluding hydrogens is 278 g/mol. The highest BCUT2D eigenvalue weighted by molar-refractivity contribution is 5.77. The quantitative estimate of drug-likeness (QED) is 0.851. The van der Waals surface area contributed by atoms with Crippen molar-refractivity contribution in [2.24, 2.45) is 5.92 Å². The first-order valence-electron chi connectivity index (χ1n) is 7.87. The topological polar surface area (TPSA) is 56.6 Å².